The summed E-state index contributed by atoms with van der Waals surface area (Å²) >= 11 is 0. The van der Waals surface area contributed by atoms with Crippen LogP contribution in [-0.2, 0) is 12.7 Å². The predicted octanol–water partition coefficient (Wildman–Crippen LogP) is 2.38. The molecule has 0 spiro atoms. The van der Waals surface area contributed by atoms with Crippen molar-refractivity contribution in [1.82, 2.24) is 20.2 Å². The van der Waals surface area contributed by atoms with Crippen LogP contribution < -0.4 is 5.32 Å². The third-order valence-corrected chi connectivity index (χ3v) is 3.77. The zero-order valence-electron chi connectivity index (χ0n) is 12.4. The van der Waals surface area contributed by atoms with Gasteiger partial charge in [-0.3, -0.25) is 0 Å². The highest BCUT2D eigenvalue weighted by atomic mass is 19.4. The number of aryl methyl sites for hydroxylation is 1. The molecule has 21 heavy (non-hydrogen) atoms. The molecular weight excluding hydrogens is 281 g/mol. The van der Waals surface area contributed by atoms with E-state index in [1.807, 2.05) is 0 Å². The number of hydrogen-bond donors (Lipinski definition) is 1. The number of likely N-dealkylation sites (tertiary alicyclic amines) is 1. The van der Waals surface area contributed by atoms with Crippen LogP contribution in [0, 0.1) is 6.92 Å². The SMILES string of the molecule is CCN1CCC(NCc2nc(C)cc(C(F)(F)F)n2)CC1. The minimum Gasteiger partial charge on any atom is -0.307 e. The number of hydrogen-bond acceptors (Lipinski definition) is 4. The molecular formula is C14H21F3N4. The quantitative estimate of drug-likeness (QED) is 0.927. The Bertz CT molecular complexity index is 468. The standard InChI is InChI=1S/C14H21F3N4/c1-3-21-6-4-11(5-7-21)18-9-13-19-10(2)8-12(20-13)14(15,16)17/h8,11,18H,3-7,9H2,1-2H3. The molecule has 0 bridgehead atoms. The maximum absolute atomic E-state index is 12.7. The molecule has 0 amide bonds. The minimum absolute atomic E-state index is 0.209. The Morgan fingerprint density at radius 1 is 1.29 bits per heavy atom. The first kappa shape index (κ1) is 16.2. The van der Waals surface area contributed by atoms with Crippen LogP contribution in [0.4, 0.5) is 13.2 Å². The van der Waals surface area contributed by atoms with Gasteiger partial charge in [0.05, 0.1) is 6.54 Å². The Kier molecular flexibility index (Phi) is 5.16. The maximum Gasteiger partial charge on any atom is 0.433 e. The number of rotatable bonds is 4. The molecule has 1 fully saturated rings. The Hall–Kier alpha value is -1.21. The van der Waals surface area contributed by atoms with Gasteiger partial charge in [0.1, 0.15) is 11.5 Å². The van der Waals surface area contributed by atoms with Crippen molar-refractivity contribution in [2.24, 2.45) is 0 Å². The van der Waals surface area contributed by atoms with E-state index < -0.39 is 11.9 Å². The Morgan fingerprint density at radius 3 is 2.52 bits per heavy atom. The average molecular weight is 302 g/mol. The Morgan fingerprint density at radius 2 is 1.95 bits per heavy atom. The predicted molar refractivity (Wildman–Crippen MR) is 73.7 cm³/mol. The lowest BCUT2D eigenvalue weighted by molar-refractivity contribution is -0.141. The number of nitrogens with zero attached hydrogens (tertiary/aromatic N) is 3. The van der Waals surface area contributed by atoms with Crippen molar-refractivity contribution >= 4 is 0 Å². The number of alkyl halides is 3. The van der Waals surface area contributed by atoms with Crippen molar-refractivity contribution in [2.45, 2.75) is 45.5 Å². The van der Waals surface area contributed by atoms with E-state index in [0.717, 1.165) is 38.5 Å². The van der Waals surface area contributed by atoms with E-state index in [0.29, 0.717) is 11.7 Å². The molecule has 2 heterocycles. The van der Waals surface area contributed by atoms with Gasteiger partial charge in [-0.15, -0.1) is 0 Å². The second kappa shape index (κ2) is 6.70. The molecule has 1 aromatic heterocycles. The van der Waals surface area contributed by atoms with Crippen molar-refractivity contribution in [3.63, 3.8) is 0 Å². The molecule has 4 nitrogen and oxygen atoms in total. The molecule has 118 valence electrons. The van der Waals surface area contributed by atoms with Gasteiger partial charge in [-0.2, -0.15) is 13.2 Å². The molecule has 1 aromatic rings. The van der Waals surface area contributed by atoms with E-state index in [1.165, 1.54) is 0 Å². The average Bonchev–Trinajstić information content (AvgIpc) is 2.44. The minimum atomic E-state index is -4.42. The summed E-state index contributed by atoms with van der Waals surface area (Å²) in [6, 6.07) is 1.30. The summed E-state index contributed by atoms with van der Waals surface area (Å²) in [5.74, 6) is 0.209. The van der Waals surface area contributed by atoms with Crippen LogP contribution in [0.3, 0.4) is 0 Å². The van der Waals surface area contributed by atoms with Gasteiger partial charge in [-0.25, -0.2) is 9.97 Å². The monoisotopic (exact) mass is 302 g/mol. The van der Waals surface area contributed by atoms with Gasteiger partial charge in [0.15, 0.2) is 0 Å². The van der Waals surface area contributed by atoms with E-state index in [2.05, 4.69) is 27.1 Å². The molecule has 0 aliphatic carbocycles. The number of nitrogens with one attached hydrogen (secondary N) is 1. The summed E-state index contributed by atoms with van der Waals surface area (Å²) < 4.78 is 38.1. The molecule has 0 aromatic carbocycles. The lowest BCUT2D eigenvalue weighted by atomic mass is 10.1. The second-order valence-electron chi connectivity index (χ2n) is 5.40. The van der Waals surface area contributed by atoms with E-state index in [-0.39, 0.29) is 12.4 Å². The van der Waals surface area contributed by atoms with Gasteiger partial charge in [0.25, 0.3) is 0 Å². The van der Waals surface area contributed by atoms with E-state index in [9.17, 15) is 13.2 Å². The first-order valence-corrected chi connectivity index (χ1v) is 7.26. The zero-order valence-corrected chi connectivity index (χ0v) is 12.4. The molecule has 0 atom stereocenters. The molecule has 1 N–H and O–H groups in total. The molecule has 1 aliphatic heterocycles. The van der Waals surface area contributed by atoms with E-state index >= 15 is 0 Å². The summed E-state index contributed by atoms with van der Waals surface area (Å²) in [7, 11) is 0. The maximum atomic E-state index is 12.7. The third-order valence-electron chi connectivity index (χ3n) is 3.77. The van der Waals surface area contributed by atoms with Crippen LogP contribution in [0.1, 0.15) is 37.0 Å². The highest BCUT2D eigenvalue weighted by Gasteiger charge is 2.33. The van der Waals surface area contributed by atoms with E-state index in [1.54, 1.807) is 6.92 Å². The lowest BCUT2D eigenvalue weighted by Crippen LogP contribution is -2.42. The third kappa shape index (κ3) is 4.64. The van der Waals surface area contributed by atoms with Gasteiger partial charge >= 0.3 is 6.18 Å². The fourth-order valence-corrected chi connectivity index (χ4v) is 2.54. The van der Waals surface area contributed by atoms with Gasteiger partial charge in [0, 0.05) is 11.7 Å². The van der Waals surface area contributed by atoms with Gasteiger partial charge in [-0.1, -0.05) is 6.92 Å². The first-order chi connectivity index (χ1) is 9.88. The molecule has 0 radical (unpaired) electrons. The first-order valence-electron chi connectivity index (χ1n) is 7.26. The van der Waals surface area contributed by atoms with Crippen molar-refractivity contribution in [1.29, 1.82) is 0 Å². The highest BCUT2D eigenvalue weighted by molar-refractivity contribution is 5.13. The van der Waals surface area contributed by atoms with Crippen LogP contribution in [0.15, 0.2) is 6.07 Å². The highest BCUT2D eigenvalue weighted by Crippen LogP contribution is 2.27. The Balaban J connectivity index is 1.93. The van der Waals surface area contributed by atoms with Crippen LogP contribution >= 0.6 is 0 Å². The summed E-state index contributed by atoms with van der Waals surface area (Å²) in [6.07, 6.45) is -2.41. The normalized spacial score (nSPS) is 18.1. The molecule has 0 unspecified atom stereocenters. The van der Waals surface area contributed by atoms with Crippen LogP contribution in [0.25, 0.3) is 0 Å². The van der Waals surface area contributed by atoms with Crippen LogP contribution in [0.5, 0.6) is 0 Å². The van der Waals surface area contributed by atoms with Crippen molar-refractivity contribution in [3.8, 4) is 0 Å². The molecule has 7 heteroatoms. The van der Waals surface area contributed by atoms with Gasteiger partial charge in [-0.05, 0) is 45.5 Å². The molecule has 2 rings (SSSR count). The summed E-state index contributed by atoms with van der Waals surface area (Å²) in [4.78, 5) is 10.1. The Labute approximate surface area is 122 Å². The fraction of sp³-hybridized carbons (Fsp3) is 0.714. The summed E-state index contributed by atoms with van der Waals surface area (Å²) in [6.45, 7) is 7.06. The van der Waals surface area contributed by atoms with Crippen molar-refractivity contribution in [3.05, 3.63) is 23.3 Å². The zero-order chi connectivity index (χ0) is 15.5. The van der Waals surface area contributed by atoms with Gasteiger partial charge in [0.2, 0.25) is 0 Å². The molecule has 0 saturated carbocycles. The molecule has 1 aliphatic rings. The van der Waals surface area contributed by atoms with Crippen molar-refractivity contribution < 1.29 is 13.2 Å². The number of aromatic nitrogens is 2. The molecule has 1 saturated heterocycles. The van der Waals surface area contributed by atoms with E-state index in [4.69, 9.17) is 0 Å². The topological polar surface area (TPSA) is 41.0 Å². The van der Waals surface area contributed by atoms with Crippen molar-refractivity contribution in [2.75, 3.05) is 19.6 Å². The second-order valence-corrected chi connectivity index (χ2v) is 5.40. The lowest BCUT2D eigenvalue weighted by Gasteiger charge is -2.31. The van der Waals surface area contributed by atoms with Gasteiger partial charge < -0.3 is 10.2 Å². The smallest absolute Gasteiger partial charge is 0.307 e. The van der Waals surface area contributed by atoms with Crippen LogP contribution in [0.2, 0.25) is 0 Å². The fourth-order valence-electron chi connectivity index (χ4n) is 2.54. The largest absolute Gasteiger partial charge is 0.433 e. The summed E-state index contributed by atoms with van der Waals surface area (Å²) in [5.41, 5.74) is -0.525. The summed E-state index contributed by atoms with van der Waals surface area (Å²) in [5, 5.41) is 3.27. The number of piperidine rings is 1. The van der Waals surface area contributed by atoms with Crippen LogP contribution in [-0.4, -0.2) is 40.5 Å². The number of halogens is 3.